The summed E-state index contributed by atoms with van der Waals surface area (Å²) < 4.78 is 11.0. The van der Waals surface area contributed by atoms with Crippen molar-refractivity contribution in [1.82, 2.24) is 10.3 Å². The second-order valence-electron chi connectivity index (χ2n) is 7.00. The smallest absolute Gasteiger partial charge is 0.227 e. The van der Waals surface area contributed by atoms with Gasteiger partial charge in [-0.3, -0.25) is 4.79 Å². The number of aromatic amines is 1. The number of fused-ring (bicyclic) bond motifs is 3. The standard InChI is InChI=1S/C18H22Cl2N2O3/c1-9-12-13-11(25-6-5-24-4)7-10(19)14(20)15(13)22-16(12)18(2,3)8-21-17(9)23/h7,9,22H,5-6,8H2,1-4H3,(H,21,23). The summed E-state index contributed by atoms with van der Waals surface area (Å²) in [5.41, 5.74) is 2.34. The average Bonchev–Trinajstić information content (AvgIpc) is 2.95. The Hall–Kier alpha value is -1.43. The first kappa shape index (κ1) is 18.4. The number of H-pyrrole nitrogens is 1. The first-order chi connectivity index (χ1) is 11.8. The van der Waals surface area contributed by atoms with E-state index < -0.39 is 0 Å². The number of hydrogen-bond acceptors (Lipinski definition) is 3. The van der Waals surface area contributed by atoms with Gasteiger partial charge in [0.1, 0.15) is 12.4 Å². The summed E-state index contributed by atoms with van der Waals surface area (Å²) in [7, 11) is 1.62. The summed E-state index contributed by atoms with van der Waals surface area (Å²) in [6.45, 7) is 7.44. The zero-order valence-corrected chi connectivity index (χ0v) is 16.3. The lowest BCUT2D eigenvalue weighted by atomic mass is 9.84. The van der Waals surface area contributed by atoms with Gasteiger partial charge in [0.2, 0.25) is 5.91 Å². The molecule has 1 unspecified atom stereocenters. The van der Waals surface area contributed by atoms with Gasteiger partial charge in [-0.1, -0.05) is 37.0 Å². The number of carbonyl (C=O) groups excluding carboxylic acids is 1. The van der Waals surface area contributed by atoms with Crippen LogP contribution in [0.25, 0.3) is 10.9 Å². The van der Waals surface area contributed by atoms with Crippen LogP contribution in [-0.2, 0) is 14.9 Å². The molecule has 3 rings (SSSR count). The van der Waals surface area contributed by atoms with Crippen molar-refractivity contribution in [1.29, 1.82) is 0 Å². The van der Waals surface area contributed by atoms with Crippen molar-refractivity contribution in [2.75, 3.05) is 26.9 Å². The van der Waals surface area contributed by atoms with E-state index in [9.17, 15) is 4.79 Å². The zero-order chi connectivity index (χ0) is 18.4. The van der Waals surface area contributed by atoms with Crippen molar-refractivity contribution in [2.24, 2.45) is 0 Å². The molecular weight excluding hydrogens is 363 g/mol. The Morgan fingerprint density at radius 2 is 2.04 bits per heavy atom. The minimum atomic E-state index is -0.326. The van der Waals surface area contributed by atoms with Gasteiger partial charge in [0.05, 0.1) is 28.1 Å². The van der Waals surface area contributed by atoms with Crippen LogP contribution in [0.2, 0.25) is 10.0 Å². The van der Waals surface area contributed by atoms with Crippen LogP contribution in [0.15, 0.2) is 6.07 Å². The number of carbonyl (C=O) groups is 1. The summed E-state index contributed by atoms with van der Waals surface area (Å²) in [5.74, 6) is 0.269. The van der Waals surface area contributed by atoms with E-state index in [4.69, 9.17) is 32.7 Å². The van der Waals surface area contributed by atoms with E-state index in [0.29, 0.717) is 41.1 Å². The molecule has 1 aromatic heterocycles. The van der Waals surface area contributed by atoms with Crippen molar-refractivity contribution < 1.29 is 14.3 Å². The van der Waals surface area contributed by atoms with Gasteiger partial charge >= 0.3 is 0 Å². The molecule has 1 atom stereocenters. The summed E-state index contributed by atoms with van der Waals surface area (Å²) in [5, 5.41) is 4.67. The molecule has 2 aromatic rings. The third-order valence-electron chi connectivity index (χ3n) is 4.72. The minimum absolute atomic E-state index is 0.0124. The Bertz CT molecular complexity index is 830. The van der Waals surface area contributed by atoms with E-state index >= 15 is 0 Å². The van der Waals surface area contributed by atoms with Gasteiger partial charge in [0.25, 0.3) is 0 Å². The lowest BCUT2D eigenvalue weighted by Crippen LogP contribution is -2.35. The number of methoxy groups -OCH3 is 1. The Morgan fingerprint density at radius 1 is 1.32 bits per heavy atom. The van der Waals surface area contributed by atoms with Crippen molar-refractivity contribution in [3.8, 4) is 5.75 Å². The van der Waals surface area contributed by atoms with E-state index in [-0.39, 0.29) is 17.2 Å². The highest BCUT2D eigenvalue weighted by atomic mass is 35.5. The van der Waals surface area contributed by atoms with Gasteiger partial charge in [-0.25, -0.2) is 0 Å². The third kappa shape index (κ3) is 3.09. The Labute approximate surface area is 157 Å². The molecular formula is C18H22Cl2N2O3. The number of aromatic nitrogens is 1. The van der Waals surface area contributed by atoms with E-state index in [1.165, 1.54) is 0 Å². The van der Waals surface area contributed by atoms with Crippen molar-refractivity contribution in [2.45, 2.75) is 32.1 Å². The highest BCUT2D eigenvalue weighted by Gasteiger charge is 2.37. The number of hydrogen-bond donors (Lipinski definition) is 2. The molecule has 0 aliphatic carbocycles. The van der Waals surface area contributed by atoms with Gasteiger partial charge in [-0.15, -0.1) is 0 Å². The zero-order valence-electron chi connectivity index (χ0n) is 14.8. The topological polar surface area (TPSA) is 63.4 Å². The van der Waals surface area contributed by atoms with Crippen LogP contribution in [0, 0.1) is 0 Å². The van der Waals surface area contributed by atoms with Crippen molar-refractivity contribution in [3.05, 3.63) is 27.4 Å². The molecule has 1 aliphatic rings. The quantitative estimate of drug-likeness (QED) is 0.782. The third-order valence-corrected chi connectivity index (χ3v) is 5.51. The second-order valence-corrected chi connectivity index (χ2v) is 7.78. The molecule has 1 aromatic carbocycles. The first-order valence-corrected chi connectivity index (χ1v) is 8.97. The fourth-order valence-corrected chi connectivity index (χ4v) is 3.69. The van der Waals surface area contributed by atoms with Crippen molar-refractivity contribution >= 4 is 40.0 Å². The van der Waals surface area contributed by atoms with Crippen LogP contribution >= 0.6 is 23.2 Å². The summed E-state index contributed by atoms with van der Waals surface area (Å²) in [6.07, 6.45) is 0. The molecule has 2 N–H and O–H groups in total. The number of benzene rings is 1. The van der Waals surface area contributed by atoms with Gasteiger partial charge in [-0.05, 0) is 12.5 Å². The number of halogens is 2. The molecule has 0 saturated carbocycles. The maximum atomic E-state index is 12.5. The molecule has 25 heavy (non-hydrogen) atoms. The molecule has 7 heteroatoms. The molecule has 2 heterocycles. The largest absolute Gasteiger partial charge is 0.490 e. The second kappa shape index (κ2) is 6.71. The van der Waals surface area contributed by atoms with Crippen LogP contribution in [-0.4, -0.2) is 37.8 Å². The molecule has 0 bridgehead atoms. The summed E-state index contributed by atoms with van der Waals surface area (Å²) in [6, 6.07) is 1.71. The molecule has 0 saturated heterocycles. The highest BCUT2D eigenvalue weighted by Crippen LogP contribution is 2.46. The summed E-state index contributed by atoms with van der Waals surface area (Å²) >= 11 is 12.7. The van der Waals surface area contributed by atoms with Crippen LogP contribution in [0.1, 0.15) is 37.9 Å². The molecule has 5 nitrogen and oxygen atoms in total. The molecule has 1 aliphatic heterocycles. The highest BCUT2D eigenvalue weighted by molar-refractivity contribution is 6.45. The maximum Gasteiger partial charge on any atom is 0.227 e. The SMILES string of the molecule is COCCOc1cc(Cl)c(Cl)c2[nH]c3c(c12)C(C)C(=O)NCC3(C)C. The van der Waals surface area contributed by atoms with E-state index in [2.05, 4.69) is 24.1 Å². The van der Waals surface area contributed by atoms with Gasteiger partial charge in [0, 0.05) is 36.2 Å². The summed E-state index contributed by atoms with van der Waals surface area (Å²) in [4.78, 5) is 15.9. The maximum absolute atomic E-state index is 12.5. The van der Waals surface area contributed by atoms with Gasteiger partial charge in [0.15, 0.2) is 0 Å². The van der Waals surface area contributed by atoms with Crippen molar-refractivity contribution in [3.63, 3.8) is 0 Å². The van der Waals surface area contributed by atoms with Crippen LogP contribution in [0.5, 0.6) is 5.75 Å². The predicted molar refractivity (Wildman–Crippen MR) is 100 cm³/mol. The Kier molecular flexibility index (Phi) is 4.93. The minimum Gasteiger partial charge on any atom is -0.490 e. The molecule has 1 amide bonds. The fourth-order valence-electron chi connectivity index (χ4n) is 3.30. The monoisotopic (exact) mass is 384 g/mol. The number of rotatable bonds is 4. The van der Waals surface area contributed by atoms with Crippen LogP contribution < -0.4 is 10.1 Å². The van der Waals surface area contributed by atoms with Crippen LogP contribution in [0.4, 0.5) is 0 Å². The lowest BCUT2D eigenvalue weighted by Gasteiger charge is -2.22. The van der Waals surface area contributed by atoms with Gasteiger partial charge < -0.3 is 19.8 Å². The van der Waals surface area contributed by atoms with Crippen LogP contribution in [0.3, 0.4) is 0 Å². The predicted octanol–water partition coefficient (Wildman–Crippen LogP) is 4.01. The van der Waals surface area contributed by atoms with E-state index in [0.717, 1.165) is 16.6 Å². The fraction of sp³-hybridized carbons (Fsp3) is 0.500. The molecule has 136 valence electrons. The average molecular weight is 385 g/mol. The lowest BCUT2D eigenvalue weighted by molar-refractivity contribution is -0.122. The molecule has 0 radical (unpaired) electrons. The number of amides is 1. The Balaban J connectivity index is 2.30. The first-order valence-electron chi connectivity index (χ1n) is 8.21. The van der Waals surface area contributed by atoms with E-state index in [1.54, 1.807) is 13.2 Å². The van der Waals surface area contributed by atoms with E-state index in [1.807, 2.05) is 6.92 Å². The number of nitrogens with one attached hydrogen (secondary N) is 2. The molecule has 0 spiro atoms. The van der Waals surface area contributed by atoms with Gasteiger partial charge in [-0.2, -0.15) is 0 Å². The number of ether oxygens (including phenoxy) is 2. The Morgan fingerprint density at radius 3 is 2.72 bits per heavy atom. The normalized spacial score (nSPS) is 19.4. The molecule has 0 fully saturated rings.